The number of aryl methyl sites for hydroxylation is 2. The maximum Gasteiger partial charge on any atom is 0.261 e. The first kappa shape index (κ1) is 20.6. The molecule has 1 fully saturated rings. The van der Waals surface area contributed by atoms with Gasteiger partial charge in [0.15, 0.2) is 0 Å². The Bertz CT molecular complexity index is 981. The second-order valence-corrected chi connectivity index (χ2v) is 7.32. The largest absolute Gasteiger partial charge is 0.348 e. The zero-order valence-electron chi connectivity index (χ0n) is 15.4. The highest BCUT2D eigenvalue weighted by Gasteiger charge is 2.31. The number of hydrogen-bond donors (Lipinski definition) is 2. The Morgan fingerprint density at radius 1 is 1.21 bits per heavy atom. The van der Waals surface area contributed by atoms with Crippen LogP contribution in [0, 0.1) is 5.92 Å². The number of piperidine rings is 1. The van der Waals surface area contributed by atoms with Crippen LogP contribution in [0.5, 0.6) is 0 Å². The van der Waals surface area contributed by atoms with Crippen LogP contribution >= 0.6 is 24.8 Å². The van der Waals surface area contributed by atoms with Gasteiger partial charge in [0.05, 0.1) is 11.9 Å². The first-order valence-corrected chi connectivity index (χ1v) is 9.23. The number of nitrogens with zero attached hydrogens (tertiary/aromatic N) is 4. The Hall–Kier alpha value is -2.09. The van der Waals surface area contributed by atoms with Crippen LogP contribution in [-0.2, 0) is 19.5 Å². The fourth-order valence-electron chi connectivity index (χ4n) is 4.36. The van der Waals surface area contributed by atoms with Crippen molar-refractivity contribution < 1.29 is 0 Å². The molecule has 2 N–H and O–H groups in total. The van der Waals surface area contributed by atoms with Crippen molar-refractivity contribution in [1.82, 2.24) is 29.4 Å². The number of aromatic amines is 1. The molecule has 9 heteroatoms. The summed E-state index contributed by atoms with van der Waals surface area (Å²) in [6.07, 6.45) is 9.23. The van der Waals surface area contributed by atoms with Gasteiger partial charge >= 0.3 is 0 Å². The van der Waals surface area contributed by atoms with E-state index in [1.54, 1.807) is 12.5 Å². The third-order valence-corrected chi connectivity index (χ3v) is 5.64. The van der Waals surface area contributed by atoms with Crippen molar-refractivity contribution in [2.24, 2.45) is 5.92 Å². The molecule has 0 aromatic carbocycles. The molecular weight excluding hydrogens is 399 g/mol. The molecule has 5 rings (SSSR count). The average molecular weight is 423 g/mol. The molecule has 0 radical (unpaired) electrons. The van der Waals surface area contributed by atoms with E-state index in [-0.39, 0.29) is 30.4 Å². The third kappa shape index (κ3) is 3.62. The molecule has 2 aliphatic heterocycles. The highest BCUT2D eigenvalue weighted by Crippen LogP contribution is 2.32. The number of fused-ring (bicyclic) bond motifs is 4. The van der Waals surface area contributed by atoms with Gasteiger partial charge in [0.1, 0.15) is 5.82 Å². The van der Waals surface area contributed by atoms with Crippen molar-refractivity contribution in [2.45, 2.75) is 31.8 Å². The lowest BCUT2D eigenvalue weighted by molar-refractivity contribution is 0.257. The zero-order chi connectivity index (χ0) is 17.5. The lowest BCUT2D eigenvalue weighted by Gasteiger charge is -2.37. The molecule has 0 spiro atoms. The Morgan fingerprint density at radius 3 is 2.93 bits per heavy atom. The fraction of sp³-hybridized carbons (Fsp3) is 0.421. The van der Waals surface area contributed by atoms with Crippen LogP contribution in [0.25, 0.3) is 11.4 Å². The molecule has 0 aliphatic carbocycles. The number of H-pyrrole nitrogens is 1. The summed E-state index contributed by atoms with van der Waals surface area (Å²) in [4.78, 5) is 24.9. The summed E-state index contributed by atoms with van der Waals surface area (Å²) in [5, 5.41) is 3.49. The highest BCUT2D eigenvalue weighted by atomic mass is 35.5. The summed E-state index contributed by atoms with van der Waals surface area (Å²) in [5.41, 5.74) is 3.02. The SMILES string of the molecule is Cl.Cl.O=c1c(-c2nccn2CCc2cnc[nH]2)ccc2n1C[C@@H]1CNC[C@H]2C1. The molecule has 0 saturated carbocycles. The van der Waals surface area contributed by atoms with Gasteiger partial charge in [-0.3, -0.25) is 4.79 Å². The molecule has 0 amide bonds. The van der Waals surface area contributed by atoms with Gasteiger partial charge in [-0.15, -0.1) is 24.8 Å². The van der Waals surface area contributed by atoms with E-state index in [1.165, 1.54) is 6.42 Å². The molecule has 3 aromatic heterocycles. The first-order chi connectivity index (χ1) is 12.8. The highest BCUT2D eigenvalue weighted by molar-refractivity contribution is 5.85. The molecular formula is C19H24Cl2N6O. The summed E-state index contributed by atoms with van der Waals surface area (Å²) in [6.45, 7) is 3.54. The normalized spacial score (nSPS) is 20.0. The summed E-state index contributed by atoms with van der Waals surface area (Å²) in [7, 11) is 0. The standard InChI is InChI=1S/C19H22N6O.2ClH/c26-19-16(1-2-17-14-7-13(8-20-9-14)11-25(17)19)18-22-4-6-24(18)5-3-15-10-21-12-23-15;;/h1-2,4,6,10,12-14,20H,3,5,7-9,11H2,(H,21,23);2*1H/t13-,14+;;/m0../s1. The molecule has 1 saturated heterocycles. The van der Waals surface area contributed by atoms with Crippen LogP contribution in [0.1, 0.15) is 23.7 Å². The topological polar surface area (TPSA) is 80.5 Å². The number of imidazole rings is 2. The van der Waals surface area contributed by atoms with Gasteiger partial charge in [-0.25, -0.2) is 9.97 Å². The molecule has 2 bridgehead atoms. The third-order valence-electron chi connectivity index (χ3n) is 5.64. The van der Waals surface area contributed by atoms with Crippen LogP contribution in [0.3, 0.4) is 0 Å². The van der Waals surface area contributed by atoms with Gasteiger partial charge < -0.3 is 19.4 Å². The zero-order valence-corrected chi connectivity index (χ0v) is 17.0. The van der Waals surface area contributed by atoms with Crippen LogP contribution in [0.15, 0.2) is 41.8 Å². The van der Waals surface area contributed by atoms with Gasteiger partial charge in [0.2, 0.25) is 0 Å². The van der Waals surface area contributed by atoms with Crippen molar-refractivity contribution in [3.63, 3.8) is 0 Å². The number of pyridine rings is 1. The van der Waals surface area contributed by atoms with E-state index in [0.29, 0.717) is 17.4 Å². The molecule has 28 heavy (non-hydrogen) atoms. The Morgan fingerprint density at radius 2 is 2.11 bits per heavy atom. The molecule has 3 aromatic rings. The van der Waals surface area contributed by atoms with E-state index in [1.807, 2.05) is 23.0 Å². The lowest BCUT2D eigenvalue weighted by atomic mass is 9.84. The Labute approximate surface area is 175 Å². The number of rotatable bonds is 4. The van der Waals surface area contributed by atoms with Gasteiger partial charge in [0, 0.05) is 62.0 Å². The minimum atomic E-state index is 0. The van der Waals surface area contributed by atoms with Gasteiger partial charge in [-0.1, -0.05) is 0 Å². The van der Waals surface area contributed by atoms with Gasteiger partial charge in [-0.2, -0.15) is 0 Å². The predicted octanol–water partition coefficient (Wildman–Crippen LogP) is 2.23. The molecule has 0 unspecified atom stereocenters. The minimum absolute atomic E-state index is 0. The Kier molecular flexibility index (Phi) is 6.27. The molecule has 2 aliphatic rings. The smallest absolute Gasteiger partial charge is 0.261 e. The van der Waals surface area contributed by atoms with Crippen molar-refractivity contribution in [2.75, 3.05) is 13.1 Å². The lowest BCUT2D eigenvalue weighted by Crippen LogP contribution is -2.45. The van der Waals surface area contributed by atoms with E-state index in [2.05, 4.69) is 30.9 Å². The quantitative estimate of drug-likeness (QED) is 0.675. The maximum absolute atomic E-state index is 13.2. The second-order valence-electron chi connectivity index (χ2n) is 7.32. The van der Waals surface area contributed by atoms with E-state index in [0.717, 1.165) is 49.8 Å². The van der Waals surface area contributed by atoms with Crippen molar-refractivity contribution in [1.29, 1.82) is 0 Å². The molecule has 5 heterocycles. The molecule has 7 nitrogen and oxygen atoms in total. The van der Waals surface area contributed by atoms with Crippen molar-refractivity contribution in [3.8, 4) is 11.4 Å². The van der Waals surface area contributed by atoms with Gasteiger partial charge in [-0.05, 0) is 31.0 Å². The second kappa shape index (κ2) is 8.51. The molecule has 2 atom stereocenters. The number of halogens is 2. The number of aromatic nitrogens is 5. The monoisotopic (exact) mass is 422 g/mol. The summed E-state index contributed by atoms with van der Waals surface area (Å²) in [6, 6.07) is 4.08. The van der Waals surface area contributed by atoms with Crippen LogP contribution in [0.2, 0.25) is 0 Å². The number of nitrogens with one attached hydrogen (secondary N) is 2. The fourth-order valence-corrected chi connectivity index (χ4v) is 4.36. The van der Waals surface area contributed by atoms with Crippen LogP contribution < -0.4 is 10.9 Å². The summed E-state index contributed by atoms with van der Waals surface area (Å²) < 4.78 is 4.04. The first-order valence-electron chi connectivity index (χ1n) is 9.23. The average Bonchev–Trinajstić information content (AvgIpc) is 3.33. The van der Waals surface area contributed by atoms with Crippen LogP contribution in [0.4, 0.5) is 0 Å². The van der Waals surface area contributed by atoms with E-state index >= 15 is 0 Å². The maximum atomic E-state index is 13.2. The van der Waals surface area contributed by atoms with E-state index in [9.17, 15) is 4.79 Å². The number of hydrogen-bond acceptors (Lipinski definition) is 4. The van der Waals surface area contributed by atoms with Gasteiger partial charge in [0.25, 0.3) is 5.56 Å². The van der Waals surface area contributed by atoms with Crippen LogP contribution in [-0.4, -0.2) is 37.2 Å². The van der Waals surface area contributed by atoms with Crippen molar-refractivity contribution in [3.05, 3.63) is 58.8 Å². The van der Waals surface area contributed by atoms with Crippen molar-refractivity contribution >= 4 is 24.8 Å². The molecule has 150 valence electrons. The van der Waals surface area contributed by atoms with E-state index in [4.69, 9.17) is 0 Å². The summed E-state index contributed by atoms with van der Waals surface area (Å²) in [5.74, 6) is 1.75. The van der Waals surface area contributed by atoms with E-state index < -0.39 is 0 Å². The Balaban J connectivity index is 0.00000112. The predicted molar refractivity (Wildman–Crippen MR) is 112 cm³/mol. The summed E-state index contributed by atoms with van der Waals surface area (Å²) >= 11 is 0. The minimum Gasteiger partial charge on any atom is -0.348 e.